The first-order valence-corrected chi connectivity index (χ1v) is 9.86. The van der Waals surface area contributed by atoms with Gasteiger partial charge in [-0.05, 0) is 17.3 Å². The highest BCUT2D eigenvalue weighted by Crippen LogP contribution is 2.27. The fourth-order valence-corrected chi connectivity index (χ4v) is 3.52. The first kappa shape index (κ1) is 18.6. The van der Waals surface area contributed by atoms with Crippen molar-refractivity contribution in [2.45, 2.75) is 6.54 Å². The summed E-state index contributed by atoms with van der Waals surface area (Å²) in [6, 6.07) is 16.7. The lowest BCUT2D eigenvalue weighted by molar-refractivity contribution is -0.130. The number of aromatic nitrogens is 4. The first-order valence-electron chi connectivity index (χ1n) is 8.20. The van der Waals surface area contributed by atoms with Gasteiger partial charge in [-0.2, -0.15) is 4.80 Å². The van der Waals surface area contributed by atoms with Crippen molar-refractivity contribution >= 4 is 51.5 Å². The molecule has 0 atom stereocenters. The molecule has 140 valence electrons. The van der Waals surface area contributed by atoms with Crippen molar-refractivity contribution in [2.24, 2.45) is 0 Å². The van der Waals surface area contributed by atoms with E-state index in [2.05, 4.69) is 20.8 Å². The Labute approximate surface area is 175 Å². The van der Waals surface area contributed by atoms with E-state index in [1.165, 1.54) is 21.6 Å². The molecular formula is C18H13ClN6OS2. The van der Waals surface area contributed by atoms with Crippen LogP contribution in [0, 0.1) is 0 Å². The summed E-state index contributed by atoms with van der Waals surface area (Å²) in [6.07, 6.45) is 0. The van der Waals surface area contributed by atoms with E-state index in [0.717, 1.165) is 11.1 Å². The SMILES string of the molecule is O=C(Cn1nnc(-c2ccccc2)n1)N1NC(=S)SC=C1c1ccc(Cl)cc1. The van der Waals surface area contributed by atoms with E-state index >= 15 is 0 Å². The summed E-state index contributed by atoms with van der Waals surface area (Å²) in [5, 5.41) is 16.1. The number of hydrazine groups is 1. The molecule has 2 aromatic carbocycles. The molecule has 0 radical (unpaired) electrons. The van der Waals surface area contributed by atoms with Crippen molar-refractivity contribution in [2.75, 3.05) is 0 Å². The number of rotatable bonds is 4. The van der Waals surface area contributed by atoms with Gasteiger partial charge in [-0.1, -0.05) is 78.0 Å². The fraction of sp³-hybridized carbons (Fsp3) is 0.0556. The number of hydrogen-bond acceptors (Lipinski definition) is 6. The molecule has 2 heterocycles. The molecule has 0 fully saturated rings. The van der Waals surface area contributed by atoms with Gasteiger partial charge in [0.2, 0.25) is 5.82 Å². The third kappa shape index (κ3) is 4.06. The predicted octanol–water partition coefficient (Wildman–Crippen LogP) is 3.36. The topological polar surface area (TPSA) is 75.9 Å². The molecule has 10 heteroatoms. The molecule has 3 aromatic rings. The Morgan fingerprint density at radius 3 is 2.61 bits per heavy atom. The molecule has 0 bridgehead atoms. The number of nitrogens with zero attached hydrogens (tertiary/aromatic N) is 5. The van der Waals surface area contributed by atoms with E-state index in [1.54, 1.807) is 12.1 Å². The van der Waals surface area contributed by atoms with Crippen LogP contribution in [0.25, 0.3) is 17.1 Å². The van der Waals surface area contributed by atoms with E-state index in [9.17, 15) is 4.79 Å². The van der Waals surface area contributed by atoms with Crippen LogP contribution in [0.2, 0.25) is 5.02 Å². The molecule has 0 unspecified atom stereocenters. The van der Waals surface area contributed by atoms with Crippen LogP contribution in [0.15, 0.2) is 60.0 Å². The van der Waals surface area contributed by atoms with Crippen LogP contribution >= 0.6 is 35.6 Å². The molecule has 0 spiro atoms. The molecule has 1 aliphatic heterocycles. The predicted molar refractivity (Wildman–Crippen MR) is 113 cm³/mol. The van der Waals surface area contributed by atoms with Gasteiger partial charge in [0.25, 0.3) is 5.91 Å². The lowest BCUT2D eigenvalue weighted by Gasteiger charge is -2.29. The Morgan fingerprint density at radius 2 is 1.86 bits per heavy atom. The fourth-order valence-electron chi connectivity index (χ4n) is 2.56. The standard InChI is InChI=1S/C18H13ClN6OS2/c19-14-8-6-12(7-9-14)15-11-28-18(27)22-25(15)16(26)10-24-21-17(20-23-24)13-4-2-1-3-5-13/h1-9,11H,10H2,(H,22,27). The number of thioether (sulfide) groups is 1. The second-order valence-corrected chi connectivity index (χ2v) is 7.75. The van der Waals surface area contributed by atoms with Crippen LogP contribution in [0.5, 0.6) is 0 Å². The van der Waals surface area contributed by atoms with Crippen LogP contribution in [0.4, 0.5) is 0 Å². The van der Waals surface area contributed by atoms with Crippen LogP contribution in [0.1, 0.15) is 5.56 Å². The maximum atomic E-state index is 12.9. The van der Waals surface area contributed by atoms with Gasteiger partial charge in [-0.25, -0.2) is 5.01 Å². The molecule has 1 N–H and O–H groups in total. The zero-order valence-electron chi connectivity index (χ0n) is 14.3. The van der Waals surface area contributed by atoms with E-state index < -0.39 is 0 Å². The highest BCUT2D eigenvalue weighted by Gasteiger charge is 2.25. The average molecular weight is 429 g/mol. The lowest BCUT2D eigenvalue weighted by atomic mass is 10.1. The monoisotopic (exact) mass is 428 g/mol. The Bertz CT molecular complexity index is 1050. The number of thiocarbonyl (C=S) groups is 1. The smallest absolute Gasteiger partial charge is 0.269 e. The second kappa shape index (κ2) is 8.09. The second-order valence-electron chi connectivity index (χ2n) is 5.77. The van der Waals surface area contributed by atoms with Gasteiger partial charge >= 0.3 is 0 Å². The van der Waals surface area contributed by atoms with E-state index in [4.69, 9.17) is 23.8 Å². The molecule has 1 amide bonds. The zero-order chi connectivity index (χ0) is 19.5. The molecule has 0 saturated carbocycles. The molecule has 0 saturated heterocycles. The molecule has 7 nitrogen and oxygen atoms in total. The Balaban J connectivity index is 1.55. The summed E-state index contributed by atoms with van der Waals surface area (Å²) in [6.45, 7) is -0.0922. The Morgan fingerprint density at radius 1 is 1.11 bits per heavy atom. The van der Waals surface area contributed by atoms with Crippen LogP contribution < -0.4 is 5.43 Å². The largest absolute Gasteiger partial charge is 0.275 e. The number of halogens is 1. The summed E-state index contributed by atoms with van der Waals surface area (Å²) >= 11 is 12.5. The minimum absolute atomic E-state index is 0.0922. The van der Waals surface area contributed by atoms with Gasteiger partial charge in [0.15, 0.2) is 4.32 Å². The van der Waals surface area contributed by atoms with Crippen molar-refractivity contribution < 1.29 is 4.79 Å². The summed E-state index contributed by atoms with van der Waals surface area (Å²) in [4.78, 5) is 14.2. The highest BCUT2D eigenvalue weighted by atomic mass is 35.5. The molecule has 28 heavy (non-hydrogen) atoms. The Kier molecular flexibility index (Phi) is 5.38. The number of benzene rings is 2. The number of carbonyl (C=O) groups is 1. The van der Waals surface area contributed by atoms with Crippen molar-refractivity contribution in [3.05, 3.63) is 70.6 Å². The summed E-state index contributed by atoms with van der Waals surface area (Å²) in [5.74, 6) is 0.181. The number of carbonyl (C=O) groups excluding carboxylic acids is 1. The summed E-state index contributed by atoms with van der Waals surface area (Å²) in [5.41, 5.74) is 5.26. The normalized spacial score (nSPS) is 13.8. The van der Waals surface area contributed by atoms with Crippen molar-refractivity contribution in [1.82, 2.24) is 30.6 Å². The quantitative estimate of drug-likeness (QED) is 0.638. The number of hydrogen-bond donors (Lipinski definition) is 1. The van der Waals surface area contributed by atoms with E-state index in [1.807, 2.05) is 47.9 Å². The zero-order valence-corrected chi connectivity index (χ0v) is 16.7. The van der Waals surface area contributed by atoms with Gasteiger partial charge in [-0.3, -0.25) is 10.2 Å². The van der Waals surface area contributed by atoms with Crippen molar-refractivity contribution in [3.8, 4) is 11.4 Å². The minimum Gasteiger partial charge on any atom is -0.275 e. The molecule has 0 aliphatic carbocycles. The third-order valence-electron chi connectivity index (χ3n) is 3.87. The molecule has 4 rings (SSSR count). The minimum atomic E-state index is -0.277. The van der Waals surface area contributed by atoms with Gasteiger partial charge in [0.05, 0.1) is 5.70 Å². The van der Waals surface area contributed by atoms with Crippen molar-refractivity contribution in [3.63, 3.8) is 0 Å². The number of amides is 1. The molecule has 1 aliphatic rings. The van der Waals surface area contributed by atoms with Crippen LogP contribution in [-0.2, 0) is 11.3 Å². The summed E-state index contributed by atoms with van der Waals surface area (Å²) in [7, 11) is 0. The van der Waals surface area contributed by atoms with Gasteiger partial charge in [-0.15, -0.1) is 10.2 Å². The van der Waals surface area contributed by atoms with Gasteiger partial charge in [0.1, 0.15) is 6.54 Å². The maximum Gasteiger partial charge on any atom is 0.269 e. The summed E-state index contributed by atoms with van der Waals surface area (Å²) < 4.78 is 0.475. The van der Waals surface area contributed by atoms with Gasteiger partial charge < -0.3 is 0 Å². The Hall–Kier alpha value is -2.75. The first-order chi connectivity index (χ1) is 13.6. The third-order valence-corrected chi connectivity index (χ3v) is 5.15. The van der Waals surface area contributed by atoms with E-state index in [0.29, 0.717) is 20.9 Å². The highest BCUT2D eigenvalue weighted by molar-refractivity contribution is 8.25. The van der Waals surface area contributed by atoms with Gasteiger partial charge in [0, 0.05) is 21.6 Å². The van der Waals surface area contributed by atoms with Crippen molar-refractivity contribution in [1.29, 1.82) is 0 Å². The number of nitrogens with one attached hydrogen (secondary N) is 1. The van der Waals surface area contributed by atoms with Crippen LogP contribution in [-0.4, -0.2) is 35.4 Å². The number of tetrazole rings is 1. The molecule has 1 aromatic heterocycles. The maximum absolute atomic E-state index is 12.9. The lowest BCUT2D eigenvalue weighted by Crippen LogP contribution is -2.46. The van der Waals surface area contributed by atoms with E-state index in [-0.39, 0.29) is 12.5 Å². The molecular weight excluding hydrogens is 416 g/mol. The van der Waals surface area contributed by atoms with Crippen LogP contribution in [0.3, 0.4) is 0 Å². The average Bonchev–Trinajstić information content (AvgIpc) is 3.18.